The fourth-order valence-corrected chi connectivity index (χ4v) is 3.93. The average Bonchev–Trinajstić information content (AvgIpc) is 3.08. The van der Waals surface area contributed by atoms with E-state index in [2.05, 4.69) is 0 Å². The molecule has 1 saturated heterocycles. The Morgan fingerprint density at radius 1 is 0.969 bits per heavy atom. The number of ether oxygens (including phenoxy) is 1. The summed E-state index contributed by atoms with van der Waals surface area (Å²) in [6.45, 7) is 0.301. The molecule has 0 radical (unpaired) electrons. The van der Waals surface area contributed by atoms with Crippen LogP contribution in [0.3, 0.4) is 0 Å². The maximum atomic E-state index is 13.1. The van der Waals surface area contributed by atoms with Crippen LogP contribution in [0, 0.1) is 0 Å². The zero-order valence-corrected chi connectivity index (χ0v) is 17.6. The number of ketones is 1. The van der Waals surface area contributed by atoms with Gasteiger partial charge in [-0.15, -0.1) is 0 Å². The number of methoxy groups -OCH3 is 1. The van der Waals surface area contributed by atoms with Gasteiger partial charge in [0.1, 0.15) is 17.3 Å². The Morgan fingerprint density at radius 2 is 1.69 bits per heavy atom. The monoisotopic (exact) mass is 429 g/mol. The second kappa shape index (κ2) is 8.98. The van der Waals surface area contributed by atoms with Crippen LogP contribution >= 0.6 is 0 Å². The number of phenolic OH excluding ortho intramolecular Hbond substituents is 1. The van der Waals surface area contributed by atoms with Gasteiger partial charge in [0.25, 0.3) is 11.7 Å². The van der Waals surface area contributed by atoms with Crippen molar-refractivity contribution in [2.75, 3.05) is 13.7 Å². The number of carbonyl (C=O) groups excluding carboxylic acids is 2. The largest absolute Gasteiger partial charge is 0.508 e. The topological polar surface area (TPSA) is 87.1 Å². The lowest BCUT2D eigenvalue weighted by Crippen LogP contribution is -2.31. The minimum absolute atomic E-state index is 0.0157. The molecule has 3 aromatic rings. The van der Waals surface area contributed by atoms with Crippen LogP contribution in [0.15, 0.2) is 84.4 Å². The van der Waals surface area contributed by atoms with Crippen molar-refractivity contribution in [3.05, 3.63) is 101 Å². The molecule has 1 heterocycles. The van der Waals surface area contributed by atoms with Crippen LogP contribution in [0.4, 0.5) is 0 Å². The number of Topliss-reactive ketones (excluding diaryl/α,β-unsaturated/α-hetero) is 1. The molecular formula is C26H23NO5. The quantitative estimate of drug-likeness (QED) is 0.351. The van der Waals surface area contributed by atoms with Gasteiger partial charge in [0.2, 0.25) is 0 Å². The number of aromatic hydroxyl groups is 1. The third-order valence-corrected chi connectivity index (χ3v) is 5.58. The fourth-order valence-electron chi connectivity index (χ4n) is 3.93. The molecule has 2 N–H and O–H groups in total. The number of benzene rings is 3. The predicted octanol–water partition coefficient (Wildman–Crippen LogP) is 4.07. The summed E-state index contributed by atoms with van der Waals surface area (Å²) in [5.74, 6) is -1.07. The lowest BCUT2D eigenvalue weighted by Gasteiger charge is -2.25. The smallest absolute Gasteiger partial charge is 0.295 e. The van der Waals surface area contributed by atoms with Crippen molar-refractivity contribution < 1.29 is 24.5 Å². The van der Waals surface area contributed by atoms with Crippen LogP contribution < -0.4 is 4.74 Å². The van der Waals surface area contributed by atoms with E-state index >= 15 is 0 Å². The normalized spacial score (nSPS) is 17.5. The summed E-state index contributed by atoms with van der Waals surface area (Å²) < 4.78 is 5.23. The van der Waals surface area contributed by atoms with Gasteiger partial charge >= 0.3 is 0 Å². The van der Waals surface area contributed by atoms with Crippen molar-refractivity contribution in [2.24, 2.45) is 0 Å². The molecule has 4 rings (SSSR count). The zero-order valence-electron chi connectivity index (χ0n) is 17.6. The Balaban J connectivity index is 1.79. The van der Waals surface area contributed by atoms with E-state index in [-0.39, 0.29) is 17.1 Å². The molecule has 6 nitrogen and oxygen atoms in total. The van der Waals surface area contributed by atoms with Crippen molar-refractivity contribution in [2.45, 2.75) is 12.5 Å². The first-order valence-electron chi connectivity index (χ1n) is 10.3. The van der Waals surface area contributed by atoms with Crippen LogP contribution in [-0.4, -0.2) is 40.5 Å². The number of rotatable bonds is 6. The van der Waals surface area contributed by atoms with Crippen LogP contribution in [0.1, 0.15) is 22.7 Å². The first-order chi connectivity index (χ1) is 15.5. The first-order valence-corrected chi connectivity index (χ1v) is 10.3. The fraction of sp³-hybridized carbons (Fsp3) is 0.154. The van der Waals surface area contributed by atoms with Gasteiger partial charge in [-0.25, -0.2) is 0 Å². The Bertz CT molecular complexity index is 1170. The van der Waals surface area contributed by atoms with Gasteiger partial charge in [0, 0.05) is 12.1 Å². The molecule has 3 aromatic carbocycles. The number of amides is 1. The molecule has 1 aliphatic heterocycles. The molecule has 162 valence electrons. The van der Waals surface area contributed by atoms with E-state index in [0.717, 1.165) is 5.56 Å². The summed E-state index contributed by atoms with van der Waals surface area (Å²) in [6.07, 6.45) is 0.557. The van der Waals surface area contributed by atoms with Crippen molar-refractivity contribution in [3.8, 4) is 11.5 Å². The van der Waals surface area contributed by atoms with Crippen molar-refractivity contribution in [3.63, 3.8) is 0 Å². The summed E-state index contributed by atoms with van der Waals surface area (Å²) in [5, 5.41) is 20.8. The van der Waals surface area contributed by atoms with E-state index in [1.165, 1.54) is 24.1 Å². The molecular weight excluding hydrogens is 406 g/mol. The minimum Gasteiger partial charge on any atom is -0.508 e. The first kappa shape index (κ1) is 21.2. The van der Waals surface area contributed by atoms with Crippen LogP contribution in [0.5, 0.6) is 11.5 Å². The van der Waals surface area contributed by atoms with Gasteiger partial charge in [-0.05, 0) is 41.8 Å². The predicted molar refractivity (Wildman–Crippen MR) is 120 cm³/mol. The molecule has 1 fully saturated rings. The van der Waals surface area contributed by atoms with Gasteiger partial charge in [-0.3, -0.25) is 9.59 Å². The third-order valence-electron chi connectivity index (χ3n) is 5.58. The van der Waals surface area contributed by atoms with Gasteiger partial charge in [-0.2, -0.15) is 0 Å². The number of aliphatic hydroxyl groups is 1. The zero-order chi connectivity index (χ0) is 22.7. The van der Waals surface area contributed by atoms with Crippen molar-refractivity contribution in [1.29, 1.82) is 0 Å². The van der Waals surface area contributed by atoms with Crippen molar-refractivity contribution in [1.82, 2.24) is 4.90 Å². The average molecular weight is 429 g/mol. The molecule has 1 amide bonds. The molecule has 1 atom stereocenters. The number of likely N-dealkylation sites (tertiary alicyclic amines) is 1. The number of nitrogens with zero attached hydrogens (tertiary/aromatic N) is 1. The number of phenols is 1. The number of hydrogen-bond donors (Lipinski definition) is 2. The van der Waals surface area contributed by atoms with E-state index in [1.807, 2.05) is 30.3 Å². The molecule has 0 bridgehead atoms. The lowest BCUT2D eigenvalue weighted by atomic mass is 9.95. The summed E-state index contributed by atoms with van der Waals surface area (Å²) in [5.41, 5.74) is 2.06. The summed E-state index contributed by atoms with van der Waals surface area (Å²) in [6, 6.07) is 21.9. The van der Waals surface area contributed by atoms with E-state index in [4.69, 9.17) is 4.74 Å². The van der Waals surface area contributed by atoms with E-state index in [9.17, 15) is 19.8 Å². The molecule has 0 unspecified atom stereocenters. The van der Waals surface area contributed by atoms with E-state index in [1.54, 1.807) is 36.4 Å². The Kier molecular flexibility index (Phi) is 5.94. The second-order valence-corrected chi connectivity index (χ2v) is 7.55. The summed E-state index contributed by atoms with van der Waals surface area (Å²) in [7, 11) is 1.51. The molecule has 0 aliphatic carbocycles. The van der Waals surface area contributed by atoms with Crippen LogP contribution in [-0.2, 0) is 16.0 Å². The number of carbonyl (C=O) groups is 2. The Labute approximate surface area is 186 Å². The standard InChI is InChI=1S/C26H23NO5/c1-32-21-9-5-8-19(16-21)24(29)22-23(18-10-12-20(28)13-11-18)27(26(31)25(22)30)15-14-17-6-3-2-4-7-17/h2-13,16,23,28-29H,14-15H2,1H3/t23-/m1/s1. The highest BCUT2D eigenvalue weighted by Crippen LogP contribution is 2.40. The SMILES string of the molecule is COc1cccc(C(O)=C2C(=O)C(=O)N(CCc3ccccc3)[C@@H]2c2ccc(O)cc2)c1. The third kappa shape index (κ3) is 4.07. The molecule has 0 saturated carbocycles. The number of hydrogen-bond acceptors (Lipinski definition) is 5. The van der Waals surface area contributed by atoms with Gasteiger partial charge in [0.15, 0.2) is 0 Å². The Morgan fingerprint density at radius 3 is 2.38 bits per heavy atom. The summed E-state index contributed by atoms with van der Waals surface area (Å²) >= 11 is 0. The maximum absolute atomic E-state index is 13.1. The minimum atomic E-state index is -0.773. The second-order valence-electron chi connectivity index (χ2n) is 7.55. The maximum Gasteiger partial charge on any atom is 0.295 e. The van der Waals surface area contributed by atoms with Gasteiger partial charge in [-0.1, -0.05) is 54.6 Å². The van der Waals surface area contributed by atoms with Crippen LogP contribution in [0.2, 0.25) is 0 Å². The lowest BCUT2D eigenvalue weighted by molar-refractivity contribution is -0.139. The highest BCUT2D eigenvalue weighted by Gasteiger charge is 2.45. The summed E-state index contributed by atoms with van der Waals surface area (Å²) in [4.78, 5) is 27.5. The van der Waals surface area contributed by atoms with Crippen LogP contribution in [0.25, 0.3) is 5.76 Å². The highest BCUT2D eigenvalue weighted by molar-refractivity contribution is 6.46. The van der Waals surface area contributed by atoms with Gasteiger partial charge in [0.05, 0.1) is 18.7 Å². The molecule has 1 aliphatic rings. The van der Waals surface area contributed by atoms with E-state index < -0.39 is 17.7 Å². The molecule has 32 heavy (non-hydrogen) atoms. The molecule has 0 aromatic heterocycles. The van der Waals surface area contributed by atoms with Crippen molar-refractivity contribution >= 4 is 17.4 Å². The Hall–Kier alpha value is -4.06. The number of aliphatic hydroxyl groups excluding tert-OH is 1. The molecule has 6 heteroatoms. The highest BCUT2D eigenvalue weighted by atomic mass is 16.5. The molecule has 0 spiro atoms. The van der Waals surface area contributed by atoms with Gasteiger partial charge < -0.3 is 19.8 Å². The van der Waals surface area contributed by atoms with E-state index in [0.29, 0.717) is 29.8 Å².